The van der Waals surface area contributed by atoms with E-state index in [-0.39, 0.29) is 0 Å². The second-order valence-corrected chi connectivity index (χ2v) is 9.00. The van der Waals surface area contributed by atoms with Crippen molar-refractivity contribution in [1.82, 2.24) is 4.90 Å². The largest absolute Gasteiger partial charge is 0.504 e. The van der Waals surface area contributed by atoms with Crippen LogP contribution in [0, 0.1) is 5.92 Å². The van der Waals surface area contributed by atoms with Crippen molar-refractivity contribution in [2.75, 3.05) is 0 Å². The maximum Gasteiger partial charge on any atom is 0.352 e. The fourth-order valence-corrected chi connectivity index (χ4v) is 4.72. The molecule has 0 spiro atoms. The minimum absolute atomic E-state index is 0.971. The molecule has 0 amide bonds. The second kappa shape index (κ2) is 8.10. The van der Waals surface area contributed by atoms with Gasteiger partial charge < -0.3 is 81.7 Å². The van der Waals surface area contributed by atoms with Crippen LogP contribution in [0.4, 0.5) is 0 Å². The van der Waals surface area contributed by atoms with E-state index in [4.69, 9.17) is 11.6 Å². The van der Waals surface area contributed by atoms with Crippen molar-refractivity contribution in [2.45, 2.75) is 61.3 Å². The van der Waals surface area contributed by atoms with Crippen molar-refractivity contribution in [3.8, 4) is 23.0 Å². The molecule has 0 aliphatic heterocycles. The van der Waals surface area contributed by atoms with Gasteiger partial charge in [0.1, 0.15) is 10.4 Å². The lowest BCUT2D eigenvalue weighted by atomic mass is 9.46. The van der Waals surface area contributed by atoms with Gasteiger partial charge in [-0.1, -0.05) is 25.4 Å². The Hall–Kier alpha value is -1.81. The van der Waals surface area contributed by atoms with Crippen LogP contribution in [0.1, 0.15) is 25.8 Å². The van der Waals surface area contributed by atoms with Crippen LogP contribution in [-0.4, -0.2) is 122 Å². The standard InChI is InChI=1S/C17H26ClNO16/c1-4(2)3-5(19(16(30,31)32)17(33,34)35)12(13(24,25)15(28,29)14(12,26)27)6-8(20)10(22)7(18)11(23)9(6)21/h4-5,20-35H,3H2,1-2H3. The first-order valence-electron chi connectivity index (χ1n) is 9.48. The lowest BCUT2D eigenvalue weighted by Crippen LogP contribution is -2.98. The number of phenolic OH excluding ortho intramolecular Hbond substituents is 4. The fraction of sp³-hybridized carbons (Fsp3) is 0.647. The van der Waals surface area contributed by atoms with Crippen LogP contribution in [0.15, 0.2) is 0 Å². The van der Waals surface area contributed by atoms with Crippen LogP contribution in [0.25, 0.3) is 0 Å². The summed E-state index contributed by atoms with van der Waals surface area (Å²) < 4.78 is 0. The number of nitrogens with zero attached hydrogens (tertiary/aromatic N) is 1. The van der Waals surface area contributed by atoms with E-state index in [1.54, 1.807) is 0 Å². The average Bonchev–Trinajstić information content (AvgIpc) is 2.64. The van der Waals surface area contributed by atoms with Gasteiger partial charge in [-0.2, -0.15) is 0 Å². The van der Waals surface area contributed by atoms with Crippen LogP contribution in [-0.2, 0) is 5.41 Å². The van der Waals surface area contributed by atoms with Gasteiger partial charge in [0.2, 0.25) is 11.6 Å². The normalized spacial score (nSPS) is 21.7. The molecule has 1 aromatic carbocycles. The zero-order valence-corrected chi connectivity index (χ0v) is 18.6. The first-order valence-corrected chi connectivity index (χ1v) is 9.86. The van der Waals surface area contributed by atoms with E-state index in [0.717, 1.165) is 0 Å². The third kappa shape index (κ3) is 3.61. The van der Waals surface area contributed by atoms with Gasteiger partial charge in [0.25, 0.3) is 5.79 Å². The van der Waals surface area contributed by atoms with E-state index in [1.165, 1.54) is 13.8 Å². The van der Waals surface area contributed by atoms with Crippen molar-refractivity contribution in [3.63, 3.8) is 0 Å². The van der Waals surface area contributed by atoms with Crippen molar-refractivity contribution < 1.29 is 81.7 Å². The number of halogens is 1. The number of aliphatic hydroxyl groups is 12. The van der Waals surface area contributed by atoms with Crippen LogP contribution in [0.2, 0.25) is 5.02 Å². The minimum atomic E-state index is -4.62. The first kappa shape index (κ1) is 29.4. The van der Waals surface area contributed by atoms with E-state index in [9.17, 15) is 81.7 Å². The molecule has 1 aliphatic rings. The highest BCUT2D eigenvalue weighted by Gasteiger charge is 2.94. The SMILES string of the molecule is CC(C)CC(N(C(O)(O)O)C(O)(O)O)C1(c2c(O)c(O)c(Cl)c(O)c2O)C(O)(O)C(O)(O)C1(O)O. The van der Waals surface area contributed by atoms with Crippen LogP contribution in [0.5, 0.6) is 23.0 Å². The summed E-state index contributed by atoms with van der Waals surface area (Å²) in [6, 6.07) is -2.99. The van der Waals surface area contributed by atoms with Gasteiger partial charge in [-0.3, -0.25) is 0 Å². The summed E-state index contributed by atoms with van der Waals surface area (Å²) in [6.07, 6.45) is -10.3. The summed E-state index contributed by atoms with van der Waals surface area (Å²) >= 11 is 5.52. The lowest BCUT2D eigenvalue weighted by Gasteiger charge is -2.70. The predicted octanol–water partition coefficient (Wildman–Crippen LogP) is -5.65. The number of benzene rings is 1. The van der Waals surface area contributed by atoms with Crippen molar-refractivity contribution >= 4 is 11.6 Å². The van der Waals surface area contributed by atoms with Crippen LogP contribution in [0.3, 0.4) is 0 Å². The molecule has 35 heavy (non-hydrogen) atoms. The van der Waals surface area contributed by atoms with Gasteiger partial charge >= 0.3 is 12.2 Å². The van der Waals surface area contributed by atoms with Gasteiger partial charge in [-0.15, -0.1) is 4.90 Å². The summed E-state index contributed by atoms with van der Waals surface area (Å²) in [5, 5.41) is 161. The second-order valence-electron chi connectivity index (χ2n) is 8.62. The van der Waals surface area contributed by atoms with Gasteiger partial charge in [0.15, 0.2) is 23.0 Å². The average molecular weight is 536 g/mol. The van der Waals surface area contributed by atoms with Crippen molar-refractivity contribution in [3.05, 3.63) is 10.6 Å². The Bertz CT molecular complexity index is 934. The molecule has 202 valence electrons. The molecule has 0 aromatic heterocycles. The summed E-state index contributed by atoms with van der Waals surface area (Å²) in [7, 11) is 0. The molecule has 1 unspecified atom stereocenters. The summed E-state index contributed by atoms with van der Waals surface area (Å²) in [5.41, 5.74) is -5.92. The number of rotatable bonds is 7. The highest BCUT2D eigenvalue weighted by molar-refractivity contribution is 6.34. The fourth-order valence-electron chi connectivity index (χ4n) is 4.54. The molecular formula is C17H26ClNO16. The van der Waals surface area contributed by atoms with Gasteiger partial charge in [0.05, 0.1) is 5.56 Å². The van der Waals surface area contributed by atoms with Crippen molar-refractivity contribution in [1.29, 1.82) is 0 Å². The lowest BCUT2D eigenvalue weighted by molar-refractivity contribution is -0.592. The molecule has 1 aliphatic carbocycles. The molecule has 0 radical (unpaired) electrons. The monoisotopic (exact) mass is 535 g/mol. The van der Waals surface area contributed by atoms with E-state index >= 15 is 0 Å². The Morgan fingerprint density at radius 3 is 1.31 bits per heavy atom. The Balaban J connectivity index is 3.26. The maximum absolute atomic E-state index is 10.7. The smallest absolute Gasteiger partial charge is 0.352 e. The van der Waals surface area contributed by atoms with Crippen molar-refractivity contribution in [2.24, 2.45) is 5.92 Å². The molecule has 1 saturated carbocycles. The van der Waals surface area contributed by atoms with E-state index in [0.29, 0.717) is 0 Å². The molecule has 2 rings (SSSR count). The zero-order chi connectivity index (χ0) is 27.9. The summed E-state index contributed by atoms with van der Waals surface area (Å²) in [5.74, 6) is -21.3. The van der Waals surface area contributed by atoms with E-state index in [1.807, 2.05) is 0 Å². The summed E-state index contributed by atoms with van der Waals surface area (Å²) in [6.45, 7) is 2.49. The van der Waals surface area contributed by atoms with Crippen LogP contribution >= 0.6 is 11.6 Å². The molecule has 18 heteroatoms. The minimum Gasteiger partial charge on any atom is -0.504 e. The van der Waals surface area contributed by atoms with Gasteiger partial charge in [0, 0.05) is 6.04 Å². The predicted molar refractivity (Wildman–Crippen MR) is 105 cm³/mol. The third-order valence-electron chi connectivity index (χ3n) is 5.96. The molecule has 0 heterocycles. The number of hydrogen-bond donors (Lipinski definition) is 16. The molecule has 0 bridgehead atoms. The Labute approximate surface area is 199 Å². The Morgan fingerprint density at radius 2 is 1.03 bits per heavy atom. The quantitative estimate of drug-likeness (QED) is 0.0877. The molecular weight excluding hydrogens is 510 g/mol. The molecule has 1 aromatic rings. The third-order valence-corrected chi connectivity index (χ3v) is 6.31. The molecule has 1 atom stereocenters. The van der Waals surface area contributed by atoms with Gasteiger partial charge in [-0.25, -0.2) is 0 Å². The van der Waals surface area contributed by atoms with Gasteiger partial charge in [-0.05, 0) is 12.3 Å². The molecule has 17 nitrogen and oxygen atoms in total. The van der Waals surface area contributed by atoms with E-state index in [2.05, 4.69) is 0 Å². The molecule has 0 saturated heterocycles. The Kier molecular flexibility index (Phi) is 6.81. The highest BCUT2D eigenvalue weighted by atomic mass is 35.5. The summed E-state index contributed by atoms with van der Waals surface area (Å²) in [4.78, 5) is -1.03. The first-order chi connectivity index (χ1) is 15.3. The van der Waals surface area contributed by atoms with E-state index < -0.39 is 91.8 Å². The number of hydrogen-bond acceptors (Lipinski definition) is 17. The van der Waals surface area contributed by atoms with Crippen LogP contribution < -0.4 is 0 Å². The topological polar surface area (TPSA) is 327 Å². The molecule has 1 fully saturated rings. The Morgan fingerprint density at radius 1 is 0.686 bits per heavy atom. The number of phenols is 4. The molecule has 16 N–H and O–H groups in total. The number of aromatic hydroxyl groups is 4. The highest BCUT2D eigenvalue weighted by Crippen LogP contribution is 2.69. The zero-order valence-electron chi connectivity index (χ0n) is 17.8. The maximum atomic E-state index is 10.7.